The number of carbonyl (C=O) groups excluding carboxylic acids is 2. The Labute approximate surface area is 279 Å². The molecule has 2 aliphatic rings. The first-order valence-electron chi connectivity index (χ1n) is 16.4. The van der Waals surface area contributed by atoms with Crippen LogP contribution < -0.4 is 30.3 Å². The SMILES string of the molecule is COc1cc2c(c(OC)c1OC)-c1ccc(NCCCC(=O)N3CCC(c4nnc5ccccn45)CC3)c(=O)cc1[C@@H](NC(C)=O)CC2. The zero-order valence-corrected chi connectivity index (χ0v) is 27.9. The molecule has 12 heteroatoms. The summed E-state index contributed by atoms with van der Waals surface area (Å²) in [4.78, 5) is 40.8. The first-order chi connectivity index (χ1) is 23.3. The number of rotatable bonds is 10. The first kappa shape index (κ1) is 32.8. The quantitative estimate of drug-likeness (QED) is 0.237. The Bertz CT molecular complexity index is 1880. The summed E-state index contributed by atoms with van der Waals surface area (Å²) >= 11 is 0. The molecule has 48 heavy (non-hydrogen) atoms. The number of hydrogen-bond acceptors (Lipinski definition) is 9. The second-order valence-corrected chi connectivity index (χ2v) is 12.3. The number of nitrogens with one attached hydrogen (secondary N) is 2. The number of amides is 2. The maximum atomic E-state index is 13.6. The molecule has 1 fully saturated rings. The Morgan fingerprint density at radius 1 is 0.958 bits per heavy atom. The van der Waals surface area contributed by atoms with Crippen LogP contribution in [-0.4, -0.2) is 72.3 Å². The van der Waals surface area contributed by atoms with Crippen LogP contribution in [0.3, 0.4) is 0 Å². The molecule has 6 rings (SSSR count). The van der Waals surface area contributed by atoms with Crippen LogP contribution in [0.1, 0.15) is 67.9 Å². The number of aryl methyl sites for hydroxylation is 1. The number of piperidine rings is 1. The maximum Gasteiger partial charge on any atom is 0.222 e. The summed E-state index contributed by atoms with van der Waals surface area (Å²) in [6.45, 7) is 3.29. The van der Waals surface area contributed by atoms with Crippen LogP contribution in [0, 0.1) is 0 Å². The van der Waals surface area contributed by atoms with Crippen molar-refractivity contribution in [1.29, 1.82) is 0 Å². The van der Waals surface area contributed by atoms with Crippen molar-refractivity contribution >= 4 is 23.1 Å². The molecule has 2 aromatic carbocycles. The molecule has 1 atom stereocenters. The maximum absolute atomic E-state index is 13.6. The minimum Gasteiger partial charge on any atom is -0.493 e. The molecule has 2 N–H and O–H groups in total. The van der Waals surface area contributed by atoms with Gasteiger partial charge in [0.1, 0.15) is 5.82 Å². The van der Waals surface area contributed by atoms with Gasteiger partial charge in [0.2, 0.25) is 23.0 Å². The molecule has 4 aromatic rings. The van der Waals surface area contributed by atoms with E-state index in [1.165, 1.54) is 6.92 Å². The number of carbonyl (C=O) groups is 2. The number of aromatic nitrogens is 3. The number of pyridine rings is 1. The second kappa shape index (κ2) is 14.3. The minimum absolute atomic E-state index is 0.111. The van der Waals surface area contributed by atoms with Gasteiger partial charge in [-0.2, -0.15) is 0 Å². The van der Waals surface area contributed by atoms with E-state index in [4.69, 9.17) is 14.2 Å². The fourth-order valence-corrected chi connectivity index (χ4v) is 7.00. The number of anilines is 1. The summed E-state index contributed by atoms with van der Waals surface area (Å²) in [5.74, 6) is 2.64. The molecule has 1 aliphatic carbocycles. The third kappa shape index (κ3) is 6.51. The highest BCUT2D eigenvalue weighted by atomic mass is 16.5. The number of benzene rings is 1. The highest BCUT2D eigenvalue weighted by Crippen LogP contribution is 2.50. The van der Waals surface area contributed by atoms with Crippen molar-refractivity contribution in [2.45, 2.75) is 57.4 Å². The average molecular weight is 655 g/mol. The van der Waals surface area contributed by atoms with Crippen LogP contribution in [0.4, 0.5) is 5.69 Å². The van der Waals surface area contributed by atoms with Gasteiger partial charge in [0.15, 0.2) is 17.1 Å². The molecule has 2 aromatic heterocycles. The van der Waals surface area contributed by atoms with Gasteiger partial charge in [0, 0.05) is 50.7 Å². The molecule has 1 aliphatic heterocycles. The fraction of sp³-hybridized carbons (Fsp3) is 0.417. The van der Waals surface area contributed by atoms with Gasteiger partial charge in [0.25, 0.3) is 0 Å². The molecule has 0 bridgehead atoms. The van der Waals surface area contributed by atoms with Gasteiger partial charge >= 0.3 is 0 Å². The summed E-state index contributed by atoms with van der Waals surface area (Å²) < 4.78 is 19.2. The Kier molecular flexibility index (Phi) is 9.79. The van der Waals surface area contributed by atoms with Crippen molar-refractivity contribution in [3.63, 3.8) is 0 Å². The van der Waals surface area contributed by atoms with E-state index in [1.54, 1.807) is 33.5 Å². The molecule has 1 saturated heterocycles. The van der Waals surface area contributed by atoms with E-state index in [-0.39, 0.29) is 29.2 Å². The molecule has 3 heterocycles. The highest BCUT2D eigenvalue weighted by Gasteiger charge is 2.30. The Morgan fingerprint density at radius 3 is 2.48 bits per heavy atom. The Morgan fingerprint density at radius 2 is 1.75 bits per heavy atom. The molecule has 0 spiro atoms. The topological polar surface area (TPSA) is 136 Å². The van der Waals surface area contributed by atoms with E-state index in [1.807, 2.05) is 45.8 Å². The van der Waals surface area contributed by atoms with E-state index in [9.17, 15) is 14.4 Å². The van der Waals surface area contributed by atoms with E-state index >= 15 is 0 Å². The number of likely N-dealkylation sites (tertiary alicyclic amines) is 1. The van der Waals surface area contributed by atoms with Crippen LogP contribution in [0.15, 0.2) is 53.5 Å². The van der Waals surface area contributed by atoms with Gasteiger partial charge in [-0.1, -0.05) is 12.1 Å². The van der Waals surface area contributed by atoms with Gasteiger partial charge in [-0.3, -0.25) is 18.8 Å². The highest BCUT2D eigenvalue weighted by molar-refractivity contribution is 5.84. The number of methoxy groups -OCH3 is 3. The summed E-state index contributed by atoms with van der Waals surface area (Å²) in [5.41, 5.74) is 4.27. The van der Waals surface area contributed by atoms with Crippen molar-refractivity contribution < 1.29 is 23.8 Å². The predicted molar refractivity (Wildman–Crippen MR) is 182 cm³/mol. The smallest absolute Gasteiger partial charge is 0.222 e. The van der Waals surface area contributed by atoms with Gasteiger partial charge in [0.05, 0.1) is 33.1 Å². The molecule has 0 radical (unpaired) electrons. The molecule has 0 unspecified atom stereocenters. The third-order valence-corrected chi connectivity index (χ3v) is 9.35. The van der Waals surface area contributed by atoms with Crippen LogP contribution in [0.25, 0.3) is 16.8 Å². The van der Waals surface area contributed by atoms with Gasteiger partial charge in [-0.05, 0) is 79.1 Å². The van der Waals surface area contributed by atoms with E-state index < -0.39 is 0 Å². The van der Waals surface area contributed by atoms with Crippen molar-refractivity contribution in [3.05, 3.63) is 75.8 Å². The molecule has 0 saturated carbocycles. The lowest BCUT2D eigenvalue weighted by molar-refractivity contribution is -0.132. The number of hydrogen-bond donors (Lipinski definition) is 2. The van der Waals surface area contributed by atoms with E-state index in [2.05, 4.69) is 20.8 Å². The van der Waals surface area contributed by atoms with Crippen molar-refractivity contribution in [2.24, 2.45) is 0 Å². The monoisotopic (exact) mass is 654 g/mol. The van der Waals surface area contributed by atoms with Crippen LogP contribution in [-0.2, 0) is 16.0 Å². The normalized spacial score (nSPS) is 16.0. The second-order valence-electron chi connectivity index (χ2n) is 12.3. The van der Waals surface area contributed by atoms with E-state index in [0.717, 1.165) is 41.0 Å². The molecule has 2 amide bonds. The summed E-state index contributed by atoms with van der Waals surface area (Å²) in [6, 6.07) is 12.7. The van der Waals surface area contributed by atoms with E-state index in [0.29, 0.717) is 73.8 Å². The Hall–Kier alpha value is -5.13. The minimum atomic E-state index is -0.384. The van der Waals surface area contributed by atoms with Crippen LogP contribution in [0.5, 0.6) is 17.2 Å². The standard InChI is InChI=1S/C36H42N6O6/c1-22(43)38-27-12-10-24-20-30(46-2)34(47-3)35(48-4)33(24)25-11-13-28(29(44)21-26(25)27)37-16-7-9-32(45)41-18-14-23(15-19-41)36-40-39-31-8-5-6-17-42(31)36/h5-6,8,11,13,17,20-21,23,27H,7,9-10,12,14-16,18-19H2,1-4H3,(H,37,44)(H,38,43)/t27-/m0/s1. The molecule has 12 nitrogen and oxygen atoms in total. The summed E-state index contributed by atoms with van der Waals surface area (Å²) in [5, 5.41) is 15.0. The fourth-order valence-electron chi connectivity index (χ4n) is 7.00. The zero-order valence-electron chi connectivity index (χ0n) is 27.9. The molecular formula is C36H42N6O6. The van der Waals surface area contributed by atoms with Crippen LogP contribution in [0.2, 0.25) is 0 Å². The summed E-state index contributed by atoms with van der Waals surface area (Å²) in [7, 11) is 4.71. The number of fused-ring (bicyclic) bond motifs is 4. The van der Waals surface area contributed by atoms with Crippen LogP contribution >= 0.6 is 0 Å². The van der Waals surface area contributed by atoms with Gasteiger partial charge in [-0.25, -0.2) is 0 Å². The Balaban J connectivity index is 1.15. The lowest BCUT2D eigenvalue weighted by Gasteiger charge is -2.31. The first-order valence-corrected chi connectivity index (χ1v) is 16.4. The lowest BCUT2D eigenvalue weighted by Crippen LogP contribution is -2.38. The van der Waals surface area contributed by atoms with Gasteiger partial charge < -0.3 is 29.7 Å². The zero-order chi connectivity index (χ0) is 33.8. The lowest BCUT2D eigenvalue weighted by atomic mass is 9.95. The van der Waals surface area contributed by atoms with Gasteiger partial charge in [-0.15, -0.1) is 10.2 Å². The average Bonchev–Trinajstić information content (AvgIpc) is 3.39. The summed E-state index contributed by atoms with van der Waals surface area (Å²) in [6.07, 6.45) is 5.83. The van der Waals surface area contributed by atoms with Crippen molar-refractivity contribution in [3.8, 4) is 28.4 Å². The molecule has 252 valence electrons. The number of nitrogens with zero attached hydrogens (tertiary/aromatic N) is 4. The van der Waals surface area contributed by atoms with Crippen molar-refractivity contribution in [2.75, 3.05) is 46.3 Å². The van der Waals surface area contributed by atoms with Crippen molar-refractivity contribution in [1.82, 2.24) is 24.8 Å². The third-order valence-electron chi connectivity index (χ3n) is 9.35. The number of ether oxygens (including phenoxy) is 3. The predicted octanol–water partition coefficient (Wildman–Crippen LogP) is 4.50. The molecular weight excluding hydrogens is 612 g/mol. The largest absolute Gasteiger partial charge is 0.493 e.